The molecule has 0 unspecified atom stereocenters. The van der Waals surface area contributed by atoms with E-state index in [0.29, 0.717) is 44.7 Å². The van der Waals surface area contributed by atoms with Crippen molar-refractivity contribution in [3.05, 3.63) is 34.6 Å². The predicted octanol–water partition coefficient (Wildman–Crippen LogP) is 2.11. The first kappa shape index (κ1) is 13.7. The topological polar surface area (TPSA) is 41.5 Å². The molecule has 18 heavy (non-hydrogen) atoms. The monoisotopic (exact) mass is 273 g/mol. The van der Waals surface area contributed by atoms with Crippen molar-refractivity contribution in [3.8, 4) is 0 Å². The summed E-state index contributed by atoms with van der Waals surface area (Å²) in [7, 11) is 0. The van der Waals surface area contributed by atoms with Crippen molar-refractivity contribution in [3.63, 3.8) is 0 Å². The van der Waals surface area contributed by atoms with Gasteiger partial charge in [0, 0.05) is 39.1 Å². The lowest BCUT2D eigenvalue weighted by Crippen LogP contribution is -2.44. The Kier molecular flexibility index (Phi) is 4.56. The zero-order valence-electron chi connectivity index (χ0n) is 10.1. The van der Waals surface area contributed by atoms with E-state index in [0.717, 1.165) is 0 Å². The van der Waals surface area contributed by atoms with Gasteiger partial charge < -0.3 is 15.2 Å². The summed E-state index contributed by atoms with van der Waals surface area (Å²) in [6.07, 6.45) is 1.24. The van der Waals surface area contributed by atoms with Gasteiger partial charge >= 0.3 is 0 Å². The molecule has 1 fully saturated rings. The highest BCUT2D eigenvalue weighted by atomic mass is 35.5. The standard InChI is InChI=1S/C13H17ClFNO2/c14-12-10(2-1-3-11(12)15)8-16-9-13(17)4-6-18-7-5-13/h1-3,16-17H,4-9H2. The molecule has 2 rings (SSSR count). The molecule has 0 aliphatic carbocycles. The molecule has 0 spiro atoms. The molecule has 1 heterocycles. The van der Waals surface area contributed by atoms with Crippen molar-refractivity contribution in [2.24, 2.45) is 0 Å². The SMILES string of the molecule is OC1(CNCc2cccc(F)c2Cl)CCOCC1. The van der Waals surface area contributed by atoms with Gasteiger partial charge in [-0.2, -0.15) is 0 Å². The summed E-state index contributed by atoms with van der Waals surface area (Å²) in [4.78, 5) is 0. The lowest BCUT2D eigenvalue weighted by Gasteiger charge is -2.32. The van der Waals surface area contributed by atoms with E-state index in [9.17, 15) is 9.50 Å². The summed E-state index contributed by atoms with van der Waals surface area (Å²) >= 11 is 5.85. The first-order valence-corrected chi connectivity index (χ1v) is 6.42. The highest BCUT2D eigenvalue weighted by molar-refractivity contribution is 6.31. The molecule has 3 nitrogen and oxygen atoms in total. The Bertz CT molecular complexity index is 408. The van der Waals surface area contributed by atoms with Crippen LogP contribution >= 0.6 is 11.6 Å². The molecule has 0 atom stereocenters. The van der Waals surface area contributed by atoms with Crippen molar-refractivity contribution in [2.45, 2.75) is 25.0 Å². The maximum absolute atomic E-state index is 13.2. The molecule has 1 aliphatic heterocycles. The third-order valence-corrected chi connectivity index (χ3v) is 3.65. The third-order valence-electron chi connectivity index (χ3n) is 3.22. The second-order valence-electron chi connectivity index (χ2n) is 4.65. The Labute approximate surface area is 111 Å². The number of halogens is 2. The van der Waals surface area contributed by atoms with E-state index < -0.39 is 11.4 Å². The molecule has 0 radical (unpaired) electrons. The number of benzene rings is 1. The average molecular weight is 274 g/mol. The number of rotatable bonds is 4. The minimum absolute atomic E-state index is 0.143. The van der Waals surface area contributed by atoms with E-state index in [1.165, 1.54) is 6.07 Å². The molecule has 1 aromatic rings. The number of nitrogens with one attached hydrogen (secondary N) is 1. The zero-order chi connectivity index (χ0) is 13.0. The van der Waals surface area contributed by atoms with Gasteiger partial charge in [0.15, 0.2) is 0 Å². The molecule has 0 aromatic heterocycles. The number of aliphatic hydroxyl groups is 1. The van der Waals surface area contributed by atoms with Crippen LogP contribution in [-0.2, 0) is 11.3 Å². The quantitative estimate of drug-likeness (QED) is 0.883. The largest absolute Gasteiger partial charge is 0.388 e. The van der Waals surface area contributed by atoms with Gasteiger partial charge in [0.2, 0.25) is 0 Å². The first-order valence-electron chi connectivity index (χ1n) is 6.04. The predicted molar refractivity (Wildman–Crippen MR) is 68.1 cm³/mol. The van der Waals surface area contributed by atoms with Gasteiger partial charge in [0.1, 0.15) is 5.82 Å². The van der Waals surface area contributed by atoms with Crippen LogP contribution in [0.25, 0.3) is 0 Å². The second kappa shape index (κ2) is 5.97. The fourth-order valence-electron chi connectivity index (χ4n) is 2.04. The van der Waals surface area contributed by atoms with Crippen LogP contribution in [0.4, 0.5) is 4.39 Å². The van der Waals surface area contributed by atoms with Crippen LogP contribution in [0.15, 0.2) is 18.2 Å². The molecule has 0 saturated carbocycles. The minimum atomic E-state index is -0.724. The molecular formula is C13H17ClFNO2. The summed E-state index contributed by atoms with van der Waals surface area (Å²) in [5.41, 5.74) is -0.0229. The smallest absolute Gasteiger partial charge is 0.142 e. The average Bonchev–Trinajstić information content (AvgIpc) is 2.35. The number of hydrogen-bond acceptors (Lipinski definition) is 3. The van der Waals surface area contributed by atoms with Crippen LogP contribution in [-0.4, -0.2) is 30.5 Å². The fraction of sp³-hybridized carbons (Fsp3) is 0.538. The minimum Gasteiger partial charge on any atom is -0.388 e. The molecule has 0 bridgehead atoms. The van der Waals surface area contributed by atoms with Crippen LogP contribution in [0, 0.1) is 5.82 Å². The maximum Gasteiger partial charge on any atom is 0.142 e. The Morgan fingerprint density at radius 1 is 1.39 bits per heavy atom. The van der Waals surface area contributed by atoms with Crippen molar-refractivity contribution < 1.29 is 14.2 Å². The van der Waals surface area contributed by atoms with E-state index >= 15 is 0 Å². The molecule has 1 saturated heterocycles. The molecular weight excluding hydrogens is 257 g/mol. The van der Waals surface area contributed by atoms with Crippen LogP contribution in [0.2, 0.25) is 5.02 Å². The Balaban J connectivity index is 1.86. The van der Waals surface area contributed by atoms with Gasteiger partial charge in [0.25, 0.3) is 0 Å². The van der Waals surface area contributed by atoms with Gasteiger partial charge in [-0.15, -0.1) is 0 Å². The normalized spacial score (nSPS) is 18.8. The van der Waals surface area contributed by atoms with Crippen LogP contribution in [0.3, 0.4) is 0 Å². The summed E-state index contributed by atoms with van der Waals surface area (Å²) in [5, 5.41) is 13.5. The van der Waals surface area contributed by atoms with Gasteiger partial charge in [-0.05, 0) is 11.6 Å². The lowest BCUT2D eigenvalue weighted by atomic mass is 9.94. The first-order chi connectivity index (χ1) is 8.61. The maximum atomic E-state index is 13.2. The highest BCUT2D eigenvalue weighted by Crippen LogP contribution is 2.21. The van der Waals surface area contributed by atoms with Crippen LogP contribution in [0.5, 0.6) is 0 Å². The molecule has 2 N–H and O–H groups in total. The number of hydrogen-bond donors (Lipinski definition) is 2. The summed E-state index contributed by atoms with van der Waals surface area (Å²) in [6.45, 7) is 2.07. The van der Waals surface area contributed by atoms with Gasteiger partial charge in [0.05, 0.1) is 10.6 Å². The zero-order valence-corrected chi connectivity index (χ0v) is 10.8. The Hall–Kier alpha value is -0.680. The molecule has 0 amide bonds. The molecule has 5 heteroatoms. The van der Waals surface area contributed by atoms with Crippen LogP contribution < -0.4 is 5.32 Å². The van der Waals surface area contributed by atoms with E-state index in [1.807, 2.05) is 0 Å². The fourth-order valence-corrected chi connectivity index (χ4v) is 2.24. The van der Waals surface area contributed by atoms with Gasteiger partial charge in [-0.25, -0.2) is 4.39 Å². The van der Waals surface area contributed by atoms with E-state index in [4.69, 9.17) is 16.3 Å². The lowest BCUT2D eigenvalue weighted by molar-refractivity contribution is -0.0617. The molecule has 100 valence electrons. The van der Waals surface area contributed by atoms with Crippen molar-refractivity contribution in [1.29, 1.82) is 0 Å². The Morgan fingerprint density at radius 2 is 2.11 bits per heavy atom. The summed E-state index contributed by atoms with van der Waals surface area (Å²) in [5.74, 6) is -0.416. The van der Waals surface area contributed by atoms with E-state index in [1.54, 1.807) is 12.1 Å². The van der Waals surface area contributed by atoms with Gasteiger partial charge in [-0.3, -0.25) is 0 Å². The van der Waals surface area contributed by atoms with E-state index in [2.05, 4.69) is 5.32 Å². The third kappa shape index (κ3) is 3.42. The Morgan fingerprint density at radius 3 is 2.83 bits per heavy atom. The highest BCUT2D eigenvalue weighted by Gasteiger charge is 2.29. The van der Waals surface area contributed by atoms with Crippen molar-refractivity contribution >= 4 is 11.6 Å². The van der Waals surface area contributed by atoms with Crippen molar-refractivity contribution in [2.75, 3.05) is 19.8 Å². The van der Waals surface area contributed by atoms with Crippen LogP contribution in [0.1, 0.15) is 18.4 Å². The molecule has 1 aliphatic rings. The summed E-state index contributed by atoms with van der Waals surface area (Å²) in [6, 6.07) is 4.73. The summed E-state index contributed by atoms with van der Waals surface area (Å²) < 4.78 is 18.4. The molecule has 1 aromatic carbocycles. The van der Waals surface area contributed by atoms with Crippen molar-refractivity contribution in [1.82, 2.24) is 5.32 Å². The van der Waals surface area contributed by atoms with E-state index in [-0.39, 0.29) is 5.02 Å². The number of ether oxygens (including phenoxy) is 1. The second-order valence-corrected chi connectivity index (χ2v) is 5.03. The van der Waals surface area contributed by atoms with Gasteiger partial charge in [-0.1, -0.05) is 23.7 Å².